The summed E-state index contributed by atoms with van der Waals surface area (Å²) in [6.07, 6.45) is 3.78. The van der Waals surface area contributed by atoms with Gasteiger partial charge in [0.1, 0.15) is 6.33 Å². The zero-order valence-electron chi connectivity index (χ0n) is 13.8. The maximum Gasteiger partial charge on any atom is 0.243 e. The van der Waals surface area contributed by atoms with E-state index in [4.69, 9.17) is 11.6 Å². The van der Waals surface area contributed by atoms with E-state index in [-0.39, 0.29) is 4.90 Å². The lowest BCUT2D eigenvalue weighted by atomic mass is 10.1. The Morgan fingerprint density at radius 2 is 1.85 bits per heavy atom. The summed E-state index contributed by atoms with van der Waals surface area (Å²) in [7, 11) is -3.59. The van der Waals surface area contributed by atoms with Crippen LogP contribution in [0.2, 0.25) is 5.02 Å². The molecule has 132 valence electrons. The van der Waals surface area contributed by atoms with Crippen LogP contribution >= 0.6 is 11.6 Å². The minimum atomic E-state index is -3.59. The molecular weight excluding hydrogens is 370 g/mol. The van der Waals surface area contributed by atoms with Crippen molar-refractivity contribution in [1.29, 1.82) is 0 Å². The Hall–Kier alpha value is -2.28. The molecule has 5 nitrogen and oxygen atoms in total. The lowest BCUT2D eigenvalue weighted by Crippen LogP contribution is -2.36. The predicted octanol–water partition coefficient (Wildman–Crippen LogP) is 3.54. The summed E-state index contributed by atoms with van der Waals surface area (Å²) >= 11 is 5.93. The summed E-state index contributed by atoms with van der Waals surface area (Å²) < 4.78 is 27.7. The summed E-state index contributed by atoms with van der Waals surface area (Å²) in [5.74, 6) is 0. The molecule has 2 heterocycles. The van der Waals surface area contributed by atoms with Crippen molar-refractivity contribution < 1.29 is 8.42 Å². The Bertz CT molecular complexity index is 1050. The number of rotatable bonds is 3. The van der Waals surface area contributed by atoms with Crippen molar-refractivity contribution in [1.82, 2.24) is 14.3 Å². The van der Waals surface area contributed by atoms with E-state index in [0.717, 1.165) is 22.4 Å². The van der Waals surface area contributed by atoms with E-state index >= 15 is 0 Å². The zero-order chi connectivity index (χ0) is 18.1. The number of hydrogen-bond donors (Lipinski definition) is 0. The van der Waals surface area contributed by atoms with Gasteiger partial charge in [-0.15, -0.1) is 0 Å². The van der Waals surface area contributed by atoms with Crippen LogP contribution in [0.5, 0.6) is 0 Å². The zero-order valence-corrected chi connectivity index (χ0v) is 15.4. The Morgan fingerprint density at radius 1 is 1.04 bits per heavy atom. The molecule has 1 aliphatic rings. The number of nitrogens with zero attached hydrogens (tertiary/aromatic N) is 3. The van der Waals surface area contributed by atoms with Gasteiger partial charge in [0, 0.05) is 42.0 Å². The van der Waals surface area contributed by atoms with Gasteiger partial charge in [-0.25, -0.2) is 18.4 Å². The van der Waals surface area contributed by atoms with Crippen LogP contribution in [0.3, 0.4) is 0 Å². The van der Waals surface area contributed by atoms with Crippen molar-refractivity contribution in [2.24, 2.45) is 0 Å². The normalized spacial score (nSPS) is 14.8. The molecule has 0 atom stereocenters. The molecule has 26 heavy (non-hydrogen) atoms. The van der Waals surface area contributed by atoms with Gasteiger partial charge >= 0.3 is 0 Å². The second-order valence-electron chi connectivity index (χ2n) is 6.12. The number of sulfonamides is 1. The summed E-state index contributed by atoms with van der Waals surface area (Å²) in [5, 5.41) is 0.645. The molecule has 0 radical (unpaired) electrons. The van der Waals surface area contributed by atoms with Gasteiger partial charge < -0.3 is 0 Å². The van der Waals surface area contributed by atoms with E-state index in [1.165, 1.54) is 10.6 Å². The van der Waals surface area contributed by atoms with Gasteiger partial charge in [0.2, 0.25) is 10.0 Å². The molecule has 0 saturated carbocycles. The third kappa shape index (κ3) is 3.23. The first-order valence-corrected chi connectivity index (χ1v) is 10.00. The van der Waals surface area contributed by atoms with Crippen molar-refractivity contribution in [2.45, 2.75) is 17.9 Å². The number of halogens is 1. The van der Waals surface area contributed by atoms with Gasteiger partial charge in [0.25, 0.3) is 0 Å². The van der Waals surface area contributed by atoms with E-state index in [9.17, 15) is 8.42 Å². The first kappa shape index (κ1) is 17.1. The summed E-state index contributed by atoms with van der Waals surface area (Å²) in [5.41, 5.74) is 3.53. The highest BCUT2D eigenvalue weighted by Crippen LogP contribution is 2.27. The maximum atomic E-state index is 13.1. The Morgan fingerprint density at radius 3 is 2.65 bits per heavy atom. The Balaban J connectivity index is 1.67. The second-order valence-corrected chi connectivity index (χ2v) is 8.49. The van der Waals surface area contributed by atoms with E-state index in [2.05, 4.69) is 9.97 Å². The first-order valence-electron chi connectivity index (χ1n) is 8.18. The lowest BCUT2D eigenvalue weighted by Gasteiger charge is -2.27. The summed E-state index contributed by atoms with van der Waals surface area (Å²) in [6, 6.07) is 14.3. The second kappa shape index (κ2) is 6.79. The lowest BCUT2D eigenvalue weighted by molar-refractivity contribution is 0.387. The SMILES string of the molecule is O=S(=O)(c1cccc(-c2ccc(Cl)cc2)c1)N1CCc2ncncc2C1. The van der Waals surface area contributed by atoms with Crippen LogP contribution in [0.4, 0.5) is 0 Å². The highest BCUT2D eigenvalue weighted by atomic mass is 35.5. The minimum absolute atomic E-state index is 0.283. The molecule has 1 aromatic heterocycles. The fourth-order valence-corrected chi connectivity index (χ4v) is 4.66. The van der Waals surface area contributed by atoms with Crippen molar-refractivity contribution in [3.63, 3.8) is 0 Å². The van der Waals surface area contributed by atoms with Crippen molar-refractivity contribution >= 4 is 21.6 Å². The van der Waals surface area contributed by atoms with Crippen LogP contribution in [-0.4, -0.2) is 29.2 Å². The largest absolute Gasteiger partial charge is 0.244 e. The average Bonchev–Trinajstić information content (AvgIpc) is 2.68. The van der Waals surface area contributed by atoms with Crippen LogP contribution in [0.15, 0.2) is 66.0 Å². The smallest absolute Gasteiger partial charge is 0.243 e. The van der Waals surface area contributed by atoms with Crippen LogP contribution in [0.25, 0.3) is 11.1 Å². The number of fused-ring (bicyclic) bond motifs is 1. The van der Waals surface area contributed by atoms with E-state index in [1.807, 2.05) is 18.2 Å². The van der Waals surface area contributed by atoms with Crippen LogP contribution in [0, 0.1) is 0 Å². The molecular formula is C19H16ClN3O2S. The molecule has 0 fully saturated rings. The van der Waals surface area contributed by atoms with Gasteiger partial charge in [-0.1, -0.05) is 35.9 Å². The van der Waals surface area contributed by atoms with Crippen molar-refractivity contribution in [3.8, 4) is 11.1 Å². The molecule has 0 N–H and O–H groups in total. The van der Waals surface area contributed by atoms with Gasteiger partial charge in [-0.2, -0.15) is 4.31 Å². The highest BCUT2D eigenvalue weighted by Gasteiger charge is 2.29. The van der Waals surface area contributed by atoms with Gasteiger partial charge in [-0.05, 0) is 35.4 Å². The molecule has 1 aliphatic heterocycles. The molecule has 0 aliphatic carbocycles. The highest BCUT2D eigenvalue weighted by molar-refractivity contribution is 7.89. The Kier molecular flexibility index (Phi) is 4.48. The van der Waals surface area contributed by atoms with E-state index < -0.39 is 10.0 Å². The fourth-order valence-electron chi connectivity index (χ4n) is 3.07. The topological polar surface area (TPSA) is 63.2 Å². The van der Waals surface area contributed by atoms with Crippen LogP contribution < -0.4 is 0 Å². The van der Waals surface area contributed by atoms with Crippen LogP contribution in [0.1, 0.15) is 11.3 Å². The maximum absolute atomic E-state index is 13.1. The number of benzene rings is 2. The van der Waals surface area contributed by atoms with Crippen molar-refractivity contribution in [2.75, 3.05) is 6.54 Å². The van der Waals surface area contributed by atoms with E-state index in [1.54, 1.807) is 36.5 Å². The minimum Gasteiger partial charge on any atom is -0.244 e. The monoisotopic (exact) mass is 385 g/mol. The molecule has 2 aromatic carbocycles. The third-order valence-electron chi connectivity index (χ3n) is 4.48. The molecule has 4 rings (SSSR count). The molecule has 0 bridgehead atoms. The average molecular weight is 386 g/mol. The van der Waals surface area contributed by atoms with Gasteiger partial charge in [-0.3, -0.25) is 0 Å². The summed E-state index contributed by atoms with van der Waals surface area (Å²) in [6.45, 7) is 0.710. The number of aromatic nitrogens is 2. The fraction of sp³-hybridized carbons (Fsp3) is 0.158. The molecule has 0 saturated heterocycles. The van der Waals surface area contributed by atoms with Crippen LogP contribution in [-0.2, 0) is 23.0 Å². The summed E-state index contributed by atoms with van der Waals surface area (Å²) in [4.78, 5) is 8.51. The molecule has 0 spiro atoms. The van der Waals surface area contributed by atoms with Gasteiger partial charge in [0.15, 0.2) is 0 Å². The molecule has 7 heteroatoms. The standard InChI is InChI=1S/C19H16ClN3O2S/c20-17-6-4-14(5-7-17)15-2-1-3-18(10-15)26(24,25)23-9-8-19-16(12-23)11-21-13-22-19/h1-7,10-11,13H,8-9,12H2. The third-order valence-corrected chi connectivity index (χ3v) is 6.57. The predicted molar refractivity (Wildman–Crippen MR) is 100 cm³/mol. The first-order chi connectivity index (χ1) is 12.5. The molecule has 3 aromatic rings. The van der Waals surface area contributed by atoms with Crippen molar-refractivity contribution in [3.05, 3.63) is 77.3 Å². The number of hydrogen-bond acceptors (Lipinski definition) is 4. The van der Waals surface area contributed by atoms with E-state index in [0.29, 0.717) is 24.5 Å². The molecule has 0 unspecified atom stereocenters. The quantitative estimate of drug-likeness (QED) is 0.691. The molecule has 0 amide bonds. The Labute approximate surface area is 157 Å². The van der Waals surface area contributed by atoms with Gasteiger partial charge in [0.05, 0.1) is 4.90 Å².